The first-order valence-electron chi connectivity index (χ1n) is 0.781. The molecule has 0 saturated heterocycles. The van der Waals surface area contributed by atoms with Crippen molar-refractivity contribution in [2.24, 2.45) is 0 Å². The van der Waals surface area contributed by atoms with Gasteiger partial charge in [0.15, 0.2) is 0 Å². The van der Waals surface area contributed by atoms with Gasteiger partial charge >= 0.3 is 0 Å². The fourth-order valence-corrected chi connectivity index (χ4v) is 0. The summed E-state index contributed by atoms with van der Waals surface area (Å²) in [6.45, 7) is 0. The third-order valence-corrected chi connectivity index (χ3v) is 0.250. The zero-order valence-corrected chi connectivity index (χ0v) is 6.76. The molecule has 0 aliphatic heterocycles. The molecule has 0 aromatic rings. The van der Waals surface area contributed by atoms with Gasteiger partial charge in [-0.1, -0.05) is 0 Å². The van der Waals surface area contributed by atoms with E-state index in [4.69, 9.17) is 0 Å². The molecule has 2 nitrogen and oxygen atoms in total. The molecule has 0 aliphatic rings. The van der Waals surface area contributed by atoms with Gasteiger partial charge in [-0.2, -0.15) is 0 Å². The van der Waals surface area contributed by atoms with Gasteiger partial charge in [-0.15, -0.1) is 0 Å². The molecule has 1 N–H and O–H groups in total. The molecule has 0 heterocycles. The van der Waals surface area contributed by atoms with E-state index in [0.717, 1.165) is 0 Å². The maximum atomic E-state index is 4.00. The molecule has 0 amide bonds. The molecular weight excluding hydrogens is 162 g/mol. The van der Waals surface area contributed by atoms with E-state index in [9.17, 15) is 0 Å². The second kappa shape index (κ2) is 9.07. The van der Waals surface area contributed by atoms with Crippen LogP contribution < -0.4 is 5.25 Å². The number of nitrogens with one attached hydrogen (secondary N) is 1. The van der Waals surface area contributed by atoms with Gasteiger partial charge in [0, 0.05) is 32.7 Å². The smallest absolute Gasteiger partial charge is 0 e. The monoisotopic (exact) mass is 167 g/mol. The molecule has 0 aliphatic carbocycles. The van der Waals surface area contributed by atoms with E-state index in [1.54, 1.807) is 0 Å². The largest absolute Gasteiger partial charge is 0.475 e. The summed E-state index contributed by atoms with van der Waals surface area (Å²) in [5, 5.41) is 2.24. The Hall–Kier alpha value is 1.45. The van der Waals surface area contributed by atoms with E-state index in [2.05, 4.69) is 26.6 Å². The molecule has 0 rings (SSSR count). The Morgan fingerprint density at radius 3 is 2.00 bits per heavy atom. The van der Waals surface area contributed by atoms with Crippen molar-refractivity contribution in [3.63, 3.8) is 0 Å². The maximum Gasteiger partial charge on any atom is 0 e. The fraction of sp³-hybridized carbons (Fsp3) is 0. The maximum absolute atomic E-state index is 4.00. The van der Waals surface area contributed by atoms with E-state index in [1.807, 2.05) is 0 Å². The summed E-state index contributed by atoms with van der Waals surface area (Å²) in [5.74, 6) is 0. The van der Waals surface area contributed by atoms with Gasteiger partial charge < -0.3 is 4.84 Å². The summed E-state index contributed by atoms with van der Waals surface area (Å²) >= 11 is 0. The minimum atomic E-state index is 0. The van der Waals surface area contributed by atoms with Crippen LogP contribution in [0.15, 0.2) is 0 Å². The quantitative estimate of drug-likeness (QED) is 0.339. The van der Waals surface area contributed by atoms with Crippen molar-refractivity contribution in [2.45, 2.75) is 0 Å². The van der Waals surface area contributed by atoms with Crippen LogP contribution in [0, 0.1) is 7.11 Å². The molecule has 0 spiro atoms. The van der Waals surface area contributed by atoms with E-state index in [-0.39, 0.29) is 32.7 Å². The Labute approximate surface area is 59.1 Å². The third-order valence-electron chi connectivity index (χ3n) is 0.0833. The third kappa shape index (κ3) is 10.8. The Bertz CT molecular complexity index is 13.6. The topological polar surface area (TPSA) is 21.3 Å². The van der Waals surface area contributed by atoms with Gasteiger partial charge in [0.05, 0.1) is 0 Å². The van der Waals surface area contributed by atoms with Gasteiger partial charge in [-0.3, -0.25) is 0 Å². The average molecular weight is 167 g/mol. The van der Waals surface area contributed by atoms with Crippen molar-refractivity contribution in [2.75, 3.05) is 0 Å². The molecule has 0 fully saturated rings. The Balaban J connectivity index is 0. The number of hydrogen-bond donors (Lipinski definition) is 1. The Kier molecular flexibility index (Phi) is 17.6. The van der Waals surface area contributed by atoms with E-state index < -0.39 is 0 Å². The van der Waals surface area contributed by atoms with Crippen LogP contribution in [0.4, 0.5) is 0 Å². The number of hydrogen-bond acceptors (Lipinski definition) is 2. The predicted octanol–water partition coefficient (Wildman–Crippen LogP) is 0.0868. The van der Waals surface area contributed by atoms with Crippen molar-refractivity contribution in [1.29, 1.82) is 0 Å². The van der Waals surface area contributed by atoms with Crippen LogP contribution in [0.5, 0.6) is 0 Å². The van der Waals surface area contributed by atoms with Crippen molar-refractivity contribution in [3.8, 4) is 0 Å². The predicted molar refractivity (Wildman–Crippen MR) is 19.3 cm³/mol. The van der Waals surface area contributed by atoms with E-state index in [1.165, 1.54) is 0 Å². The van der Waals surface area contributed by atoms with Crippen LogP contribution in [-0.4, -0.2) is 0 Å². The molecule has 5 heavy (non-hydrogen) atoms. The van der Waals surface area contributed by atoms with Crippen LogP contribution >= 0.6 is 9.39 Å². The van der Waals surface area contributed by atoms with Gasteiger partial charge in [-0.05, 0) is 9.39 Å². The van der Waals surface area contributed by atoms with Crippen molar-refractivity contribution in [3.05, 3.63) is 7.11 Å². The SMILES string of the molecule is [CH2-]ONP.[Y]. The van der Waals surface area contributed by atoms with Crippen LogP contribution in [0.2, 0.25) is 0 Å². The first-order chi connectivity index (χ1) is 1.91. The van der Waals surface area contributed by atoms with Crippen molar-refractivity contribution < 1.29 is 37.5 Å². The summed E-state index contributed by atoms with van der Waals surface area (Å²) in [5.41, 5.74) is 0. The minimum absolute atomic E-state index is 0. The molecular formula is CH5NOPY-. The summed E-state index contributed by atoms with van der Waals surface area (Å²) in [4.78, 5) is 4.00. The van der Waals surface area contributed by atoms with Crippen molar-refractivity contribution >= 4 is 9.39 Å². The van der Waals surface area contributed by atoms with Gasteiger partial charge in [-0.25, -0.2) is 12.4 Å². The molecule has 1 radical (unpaired) electrons. The fourth-order valence-electron chi connectivity index (χ4n) is 0. The van der Waals surface area contributed by atoms with Crippen LogP contribution in [0.25, 0.3) is 0 Å². The van der Waals surface area contributed by atoms with Crippen LogP contribution in [0.3, 0.4) is 0 Å². The van der Waals surface area contributed by atoms with E-state index in [0.29, 0.717) is 0 Å². The molecule has 1 unspecified atom stereocenters. The molecule has 0 aromatic carbocycles. The molecule has 0 saturated carbocycles. The normalized spacial score (nSPS) is 6.00. The molecule has 4 heteroatoms. The van der Waals surface area contributed by atoms with E-state index >= 15 is 0 Å². The Morgan fingerprint density at radius 2 is 2.00 bits per heavy atom. The standard InChI is InChI=1S/CH5NOP.Y/c1-3-2-4;/h2H,1,4H2;/q-1;. The minimum Gasteiger partial charge on any atom is -0.475 e. The zero-order valence-electron chi connectivity index (χ0n) is 2.77. The van der Waals surface area contributed by atoms with Gasteiger partial charge in [0.1, 0.15) is 0 Å². The molecule has 0 aromatic heterocycles. The zero-order chi connectivity index (χ0) is 3.41. The first-order valence-corrected chi connectivity index (χ1v) is 1.36. The molecule has 29 valence electrons. The first kappa shape index (κ1) is 9.68. The van der Waals surface area contributed by atoms with Gasteiger partial charge in [0.25, 0.3) is 0 Å². The molecule has 1 atom stereocenters. The summed E-state index contributed by atoms with van der Waals surface area (Å²) < 4.78 is 0. The second-order valence-electron chi connectivity index (χ2n) is 0.262. The second-order valence-corrected chi connectivity index (χ2v) is 0.498. The average Bonchev–Trinajstić information content (AvgIpc) is 1.37. The molecule has 0 bridgehead atoms. The summed E-state index contributed by atoms with van der Waals surface area (Å²) in [7, 11) is 5.09. The Morgan fingerprint density at radius 1 is 1.80 bits per heavy atom. The van der Waals surface area contributed by atoms with Crippen LogP contribution in [0.1, 0.15) is 0 Å². The summed E-state index contributed by atoms with van der Waals surface area (Å²) in [6.07, 6.45) is 0. The summed E-state index contributed by atoms with van der Waals surface area (Å²) in [6, 6.07) is 0. The number of rotatable bonds is 1. The van der Waals surface area contributed by atoms with Gasteiger partial charge in [0.2, 0.25) is 0 Å². The van der Waals surface area contributed by atoms with Crippen LogP contribution in [-0.2, 0) is 37.5 Å². The van der Waals surface area contributed by atoms with Crippen molar-refractivity contribution in [1.82, 2.24) is 5.25 Å².